The number of nitro groups is 1. The van der Waals surface area contributed by atoms with Gasteiger partial charge in [0, 0.05) is 38.3 Å². The fourth-order valence-corrected chi connectivity index (χ4v) is 5.79. The average molecular weight is 412 g/mol. The Hall–Kier alpha value is -1.71. The van der Waals surface area contributed by atoms with E-state index in [4.69, 9.17) is 0 Å². The minimum Gasteiger partial charge on any atom is -0.396 e. The number of nitro benzene ring substituents is 1. The van der Waals surface area contributed by atoms with Crippen molar-refractivity contribution in [3.63, 3.8) is 0 Å². The summed E-state index contributed by atoms with van der Waals surface area (Å²) in [6.45, 7) is 1.62. The van der Waals surface area contributed by atoms with Crippen molar-refractivity contribution >= 4 is 21.4 Å². The zero-order valence-electron chi connectivity index (χ0n) is 16.1. The molecule has 2 saturated heterocycles. The summed E-state index contributed by atoms with van der Waals surface area (Å²) in [6, 6.07) is 4.30. The van der Waals surface area contributed by atoms with Crippen LogP contribution < -0.4 is 4.90 Å². The van der Waals surface area contributed by atoms with Crippen molar-refractivity contribution in [1.82, 2.24) is 4.31 Å². The van der Waals surface area contributed by atoms with Crippen molar-refractivity contribution in [2.75, 3.05) is 31.1 Å². The van der Waals surface area contributed by atoms with Gasteiger partial charge in [0.2, 0.25) is 10.0 Å². The Labute approximate surface area is 166 Å². The minimum atomic E-state index is -3.74. The van der Waals surface area contributed by atoms with E-state index in [0.29, 0.717) is 31.7 Å². The maximum Gasteiger partial charge on any atom is 0.293 e. The molecule has 8 nitrogen and oxygen atoms in total. The molecule has 2 fully saturated rings. The number of aliphatic hydroxyl groups excluding tert-OH is 1. The van der Waals surface area contributed by atoms with E-state index in [9.17, 15) is 23.6 Å². The Balaban J connectivity index is 1.95. The molecule has 0 radical (unpaired) electrons. The molecule has 1 unspecified atom stereocenters. The maximum absolute atomic E-state index is 13.0. The zero-order chi connectivity index (χ0) is 20.1. The van der Waals surface area contributed by atoms with Crippen LogP contribution in [-0.2, 0) is 10.0 Å². The largest absolute Gasteiger partial charge is 0.396 e. The molecule has 2 aliphatic heterocycles. The molecule has 0 saturated carbocycles. The summed E-state index contributed by atoms with van der Waals surface area (Å²) < 4.78 is 27.5. The standard InChI is InChI=1S/C19H29N3O5S/c23-14-10-16-7-3-6-13-21(16)18-9-8-17(15-19(18)22(24)25)28(26,27)20-11-4-1-2-5-12-20/h8-9,15-16,23H,1-7,10-14H2. The third-order valence-electron chi connectivity index (χ3n) is 5.75. The molecule has 3 rings (SSSR count). The molecule has 0 bridgehead atoms. The van der Waals surface area contributed by atoms with E-state index in [0.717, 1.165) is 44.9 Å². The van der Waals surface area contributed by atoms with Crippen molar-refractivity contribution in [2.45, 2.75) is 62.3 Å². The van der Waals surface area contributed by atoms with Gasteiger partial charge in [-0.05, 0) is 50.7 Å². The first-order valence-corrected chi connectivity index (χ1v) is 11.6. The van der Waals surface area contributed by atoms with E-state index in [2.05, 4.69) is 0 Å². The van der Waals surface area contributed by atoms with Gasteiger partial charge >= 0.3 is 0 Å². The summed E-state index contributed by atoms with van der Waals surface area (Å²) in [5, 5.41) is 21.1. The van der Waals surface area contributed by atoms with Gasteiger partial charge in [-0.25, -0.2) is 8.42 Å². The molecule has 0 aliphatic carbocycles. The van der Waals surface area contributed by atoms with Crippen LogP contribution in [0.4, 0.5) is 11.4 Å². The number of hydrogen-bond donors (Lipinski definition) is 1. The monoisotopic (exact) mass is 411 g/mol. The highest BCUT2D eigenvalue weighted by molar-refractivity contribution is 7.89. The second-order valence-corrected chi connectivity index (χ2v) is 9.52. The molecular formula is C19H29N3O5S. The molecular weight excluding hydrogens is 382 g/mol. The average Bonchev–Trinajstić information content (AvgIpc) is 2.98. The lowest BCUT2D eigenvalue weighted by Crippen LogP contribution is -2.40. The lowest BCUT2D eigenvalue weighted by atomic mass is 9.98. The molecule has 1 N–H and O–H groups in total. The zero-order valence-corrected chi connectivity index (χ0v) is 16.9. The van der Waals surface area contributed by atoms with Crippen LogP contribution in [0.1, 0.15) is 51.4 Å². The van der Waals surface area contributed by atoms with E-state index >= 15 is 0 Å². The molecule has 1 aromatic rings. The van der Waals surface area contributed by atoms with E-state index in [1.54, 1.807) is 6.07 Å². The molecule has 0 spiro atoms. The number of sulfonamides is 1. The Bertz CT molecular complexity index is 789. The van der Waals surface area contributed by atoms with Gasteiger partial charge in [0.15, 0.2) is 0 Å². The minimum absolute atomic E-state index is 0.0134. The number of piperidine rings is 1. The molecule has 28 heavy (non-hydrogen) atoms. The summed E-state index contributed by atoms with van der Waals surface area (Å²) in [6.07, 6.45) is 7.00. The van der Waals surface area contributed by atoms with Gasteiger partial charge in [0.05, 0.1) is 9.82 Å². The van der Waals surface area contributed by atoms with E-state index in [1.165, 1.54) is 16.4 Å². The third-order valence-corrected chi connectivity index (χ3v) is 7.64. The van der Waals surface area contributed by atoms with E-state index in [1.807, 2.05) is 4.90 Å². The highest BCUT2D eigenvalue weighted by Crippen LogP contribution is 2.36. The predicted molar refractivity (Wildman–Crippen MR) is 107 cm³/mol. The number of hydrogen-bond acceptors (Lipinski definition) is 6. The Kier molecular flexibility index (Phi) is 6.90. The molecule has 156 valence electrons. The van der Waals surface area contributed by atoms with E-state index < -0.39 is 14.9 Å². The van der Waals surface area contributed by atoms with Crippen LogP contribution in [0.25, 0.3) is 0 Å². The number of aliphatic hydroxyl groups is 1. The van der Waals surface area contributed by atoms with Crippen LogP contribution in [0.15, 0.2) is 23.1 Å². The third kappa shape index (κ3) is 4.47. The molecule has 2 heterocycles. The van der Waals surface area contributed by atoms with Crippen molar-refractivity contribution in [1.29, 1.82) is 0 Å². The van der Waals surface area contributed by atoms with Gasteiger partial charge in [-0.2, -0.15) is 4.31 Å². The van der Waals surface area contributed by atoms with Crippen molar-refractivity contribution < 1.29 is 18.4 Å². The Morgan fingerprint density at radius 2 is 1.75 bits per heavy atom. The smallest absolute Gasteiger partial charge is 0.293 e. The van der Waals surface area contributed by atoms with E-state index in [-0.39, 0.29) is 23.2 Å². The van der Waals surface area contributed by atoms with Gasteiger partial charge in [0.1, 0.15) is 5.69 Å². The van der Waals surface area contributed by atoms with Gasteiger partial charge in [-0.3, -0.25) is 10.1 Å². The Morgan fingerprint density at radius 3 is 2.39 bits per heavy atom. The highest BCUT2D eigenvalue weighted by Gasteiger charge is 2.31. The molecule has 1 atom stereocenters. The van der Waals surface area contributed by atoms with Gasteiger partial charge in [-0.15, -0.1) is 0 Å². The van der Waals surface area contributed by atoms with Crippen molar-refractivity contribution in [3.05, 3.63) is 28.3 Å². The first kappa shape index (κ1) is 21.0. The number of anilines is 1. The quantitative estimate of drug-likeness (QED) is 0.570. The molecule has 0 amide bonds. The first-order chi connectivity index (χ1) is 13.4. The SMILES string of the molecule is O=[N+]([O-])c1cc(S(=O)(=O)N2CCCCCC2)ccc1N1CCCCC1CCO. The fourth-order valence-electron chi connectivity index (χ4n) is 4.25. The summed E-state index contributed by atoms with van der Waals surface area (Å²) in [4.78, 5) is 13.2. The number of benzene rings is 1. The maximum atomic E-state index is 13.0. The van der Waals surface area contributed by atoms with Crippen molar-refractivity contribution in [2.24, 2.45) is 0 Å². The topological polar surface area (TPSA) is 104 Å². The van der Waals surface area contributed by atoms with Gasteiger partial charge in [0.25, 0.3) is 5.69 Å². The number of rotatable bonds is 6. The van der Waals surface area contributed by atoms with Crippen LogP contribution in [0.5, 0.6) is 0 Å². The lowest BCUT2D eigenvalue weighted by Gasteiger charge is -2.37. The molecule has 0 aromatic heterocycles. The van der Waals surface area contributed by atoms with Crippen LogP contribution in [0, 0.1) is 10.1 Å². The van der Waals surface area contributed by atoms with Crippen LogP contribution in [-0.4, -0.2) is 55.0 Å². The fraction of sp³-hybridized carbons (Fsp3) is 0.684. The second-order valence-electron chi connectivity index (χ2n) is 7.58. The van der Waals surface area contributed by atoms with Crippen LogP contribution >= 0.6 is 0 Å². The highest BCUT2D eigenvalue weighted by atomic mass is 32.2. The summed E-state index contributed by atoms with van der Waals surface area (Å²) >= 11 is 0. The van der Waals surface area contributed by atoms with Crippen LogP contribution in [0.3, 0.4) is 0 Å². The second kappa shape index (κ2) is 9.19. The lowest BCUT2D eigenvalue weighted by molar-refractivity contribution is -0.384. The van der Waals surface area contributed by atoms with Crippen molar-refractivity contribution in [3.8, 4) is 0 Å². The van der Waals surface area contributed by atoms with Gasteiger partial charge in [-0.1, -0.05) is 12.8 Å². The Morgan fingerprint density at radius 1 is 1.07 bits per heavy atom. The first-order valence-electron chi connectivity index (χ1n) is 10.1. The molecule has 2 aliphatic rings. The van der Waals surface area contributed by atoms with Gasteiger partial charge < -0.3 is 10.0 Å². The molecule has 1 aromatic carbocycles. The number of nitrogens with zero attached hydrogens (tertiary/aromatic N) is 3. The normalized spacial score (nSPS) is 22.0. The van der Waals surface area contributed by atoms with Crippen LogP contribution in [0.2, 0.25) is 0 Å². The molecule has 9 heteroatoms. The predicted octanol–water partition coefficient (Wildman–Crippen LogP) is 2.90. The summed E-state index contributed by atoms with van der Waals surface area (Å²) in [7, 11) is -3.74. The summed E-state index contributed by atoms with van der Waals surface area (Å²) in [5.74, 6) is 0. The summed E-state index contributed by atoms with van der Waals surface area (Å²) in [5.41, 5.74) is 0.263.